The van der Waals surface area contributed by atoms with Gasteiger partial charge in [-0.25, -0.2) is 13.1 Å². The van der Waals surface area contributed by atoms with Crippen LogP contribution in [0.1, 0.15) is 32.3 Å². The molecule has 0 saturated carbocycles. The van der Waals surface area contributed by atoms with Gasteiger partial charge >= 0.3 is 5.97 Å². The number of sulfonamides is 1. The zero-order valence-electron chi connectivity index (χ0n) is 11.4. The smallest absolute Gasteiger partial charge is 0.303 e. The molecule has 1 rings (SSSR count). The number of halogens is 1. The van der Waals surface area contributed by atoms with E-state index < -0.39 is 21.5 Å². The van der Waals surface area contributed by atoms with E-state index >= 15 is 0 Å². The van der Waals surface area contributed by atoms with E-state index in [2.05, 4.69) is 20.7 Å². The fourth-order valence-electron chi connectivity index (χ4n) is 1.73. The molecule has 0 radical (unpaired) electrons. The lowest BCUT2D eigenvalue weighted by Crippen LogP contribution is -2.44. The molecule has 0 bridgehead atoms. The van der Waals surface area contributed by atoms with Crippen LogP contribution in [-0.4, -0.2) is 25.0 Å². The molecule has 1 aromatic carbocycles. The van der Waals surface area contributed by atoms with Crippen LogP contribution < -0.4 is 4.72 Å². The topological polar surface area (TPSA) is 83.5 Å². The fraction of sp³-hybridized carbons (Fsp3) is 0.462. The maximum atomic E-state index is 12.1. The van der Waals surface area contributed by atoms with Crippen molar-refractivity contribution in [3.8, 4) is 0 Å². The molecule has 0 unspecified atom stereocenters. The number of carboxylic acids is 1. The van der Waals surface area contributed by atoms with Gasteiger partial charge in [-0.2, -0.15) is 0 Å². The largest absolute Gasteiger partial charge is 0.481 e. The van der Waals surface area contributed by atoms with Crippen LogP contribution in [0.5, 0.6) is 0 Å². The van der Waals surface area contributed by atoms with Gasteiger partial charge < -0.3 is 5.11 Å². The van der Waals surface area contributed by atoms with E-state index in [0.717, 1.165) is 4.47 Å². The fourth-order valence-corrected chi connectivity index (χ4v) is 3.64. The van der Waals surface area contributed by atoms with E-state index in [9.17, 15) is 13.2 Å². The quantitative estimate of drug-likeness (QED) is 0.779. The van der Waals surface area contributed by atoms with Crippen molar-refractivity contribution in [1.82, 2.24) is 4.72 Å². The van der Waals surface area contributed by atoms with E-state index in [-0.39, 0.29) is 18.6 Å². The van der Waals surface area contributed by atoms with Crippen molar-refractivity contribution in [1.29, 1.82) is 0 Å². The maximum Gasteiger partial charge on any atom is 0.303 e. The van der Waals surface area contributed by atoms with Gasteiger partial charge in [-0.15, -0.1) is 0 Å². The summed E-state index contributed by atoms with van der Waals surface area (Å²) in [5.74, 6) is -1.07. The molecule has 20 heavy (non-hydrogen) atoms. The Bertz CT molecular complexity index is 567. The molecule has 0 fully saturated rings. The lowest BCUT2D eigenvalue weighted by atomic mass is 10.0. The number of hydrogen-bond acceptors (Lipinski definition) is 3. The Balaban J connectivity index is 2.69. The minimum absolute atomic E-state index is 0.0756. The van der Waals surface area contributed by atoms with Crippen molar-refractivity contribution in [2.45, 2.75) is 38.0 Å². The molecule has 2 N–H and O–H groups in total. The summed E-state index contributed by atoms with van der Waals surface area (Å²) >= 11 is 3.29. The van der Waals surface area contributed by atoms with Crippen LogP contribution in [0.15, 0.2) is 28.7 Å². The van der Waals surface area contributed by atoms with Gasteiger partial charge in [-0.1, -0.05) is 28.1 Å². The summed E-state index contributed by atoms with van der Waals surface area (Å²) in [7, 11) is -3.51. The second-order valence-electron chi connectivity index (χ2n) is 5.27. The molecule has 0 saturated heterocycles. The second kappa shape index (κ2) is 6.69. The van der Waals surface area contributed by atoms with Crippen LogP contribution in [0.25, 0.3) is 0 Å². The summed E-state index contributed by atoms with van der Waals surface area (Å²) < 4.78 is 27.6. The minimum Gasteiger partial charge on any atom is -0.481 e. The molecule has 112 valence electrons. The molecule has 5 nitrogen and oxygen atoms in total. The van der Waals surface area contributed by atoms with Crippen LogP contribution in [-0.2, 0) is 20.6 Å². The van der Waals surface area contributed by atoms with Crippen LogP contribution >= 0.6 is 15.9 Å². The Morgan fingerprint density at radius 1 is 1.30 bits per heavy atom. The van der Waals surface area contributed by atoms with E-state index in [1.807, 2.05) is 0 Å². The predicted molar refractivity (Wildman–Crippen MR) is 80.9 cm³/mol. The van der Waals surface area contributed by atoms with E-state index in [4.69, 9.17) is 5.11 Å². The third-order valence-electron chi connectivity index (χ3n) is 2.67. The molecule has 0 spiro atoms. The Morgan fingerprint density at radius 2 is 1.85 bits per heavy atom. The highest BCUT2D eigenvalue weighted by molar-refractivity contribution is 9.10. The molecule has 0 aliphatic carbocycles. The summed E-state index contributed by atoms with van der Waals surface area (Å²) in [6.45, 7) is 3.35. The molecule has 7 heteroatoms. The zero-order chi connectivity index (χ0) is 15.4. The van der Waals surface area contributed by atoms with Crippen LogP contribution in [0.2, 0.25) is 0 Å². The molecule has 0 heterocycles. The molecule has 0 aliphatic heterocycles. The predicted octanol–water partition coefficient (Wildman–Crippen LogP) is 2.51. The lowest BCUT2D eigenvalue weighted by Gasteiger charge is -2.25. The molecule has 0 amide bonds. The van der Waals surface area contributed by atoms with Gasteiger partial charge in [0.05, 0.1) is 5.75 Å². The number of carboxylic acid groups (broad SMARTS) is 1. The maximum absolute atomic E-state index is 12.1. The Labute approximate surface area is 127 Å². The SMILES string of the molecule is CC(C)(CCC(=O)O)NS(=O)(=O)Cc1ccc(Br)cc1. The molecule has 0 aliphatic rings. The van der Waals surface area contributed by atoms with Gasteiger partial charge in [-0.05, 0) is 38.0 Å². The normalized spacial score (nSPS) is 12.3. The summed E-state index contributed by atoms with van der Waals surface area (Å²) in [6.07, 6.45) is 0.162. The first-order chi connectivity index (χ1) is 9.10. The van der Waals surface area contributed by atoms with Crippen molar-refractivity contribution in [2.24, 2.45) is 0 Å². The van der Waals surface area contributed by atoms with Gasteiger partial charge in [0.15, 0.2) is 0 Å². The Morgan fingerprint density at radius 3 is 2.35 bits per heavy atom. The van der Waals surface area contributed by atoms with Crippen LogP contribution in [0.4, 0.5) is 0 Å². The van der Waals surface area contributed by atoms with E-state index in [1.165, 1.54) is 0 Å². The third-order valence-corrected chi connectivity index (χ3v) is 4.77. The first-order valence-corrected chi connectivity index (χ1v) is 8.52. The van der Waals surface area contributed by atoms with Crippen molar-refractivity contribution < 1.29 is 18.3 Å². The van der Waals surface area contributed by atoms with Gasteiger partial charge in [0.25, 0.3) is 0 Å². The number of benzene rings is 1. The lowest BCUT2D eigenvalue weighted by molar-refractivity contribution is -0.137. The molecular weight excluding hydrogens is 346 g/mol. The highest BCUT2D eigenvalue weighted by Crippen LogP contribution is 2.16. The number of rotatable bonds is 7. The molecule has 0 aromatic heterocycles. The van der Waals surface area contributed by atoms with Gasteiger partial charge in [0.2, 0.25) is 10.0 Å². The summed E-state index contributed by atoms with van der Waals surface area (Å²) in [4.78, 5) is 10.6. The van der Waals surface area contributed by atoms with Crippen molar-refractivity contribution in [2.75, 3.05) is 0 Å². The molecular formula is C13H18BrNO4S. The monoisotopic (exact) mass is 363 g/mol. The zero-order valence-corrected chi connectivity index (χ0v) is 13.8. The Kier molecular flexibility index (Phi) is 5.73. The average molecular weight is 364 g/mol. The van der Waals surface area contributed by atoms with E-state index in [0.29, 0.717) is 5.56 Å². The third kappa shape index (κ3) is 6.49. The summed E-state index contributed by atoms with van der Waals surface area (Å²) in [6, 6.07) is 7.02. The minimum atomic E-state index is -3.51. The van der Waals surface area contributed by atoms with Crippen molar-refractivity contribution >= 4 is 31.9 Å². The first kappa shape index (κ1) is 17.1. The van der Waals surface area contributed by atoms with Crippen molar-refractivity contribution in [3.05, 3.63) is 34.3 Å². The highest BCUT2D eigenvalue weighted by atomic mass is 79.9. The number of carbonyl (C=O) groups is 1. The van der Waals surface area contributed by atoms with Gasteiger partial charge in [-0.3, -0.25) is 4.79 Å². The highest BCUT2D eigenvalue weighted by Gasteiger charge is 2.25. The average Bonchev–Trinajstić information content (AvgIpc) is 2.28. The first-order valence-electron chi connectivity index (χ1n) is 6.07. The van der Waals surface area contributed by atoms with E-state index in [1.54, 1.807) is 38.1 Å². The molecule has 1 aromatic rings. The number of aliphatic carboxylic acids is 1. The second-order valence-corrected chi connectivity index (χ2v) is 7.90. The number of hydrogen-bond donors (Lipinski definition) is 2. The van der Waals surface area contributed by atoms with Crippen molar-refractivity contribution in [3.63, 3.8) is 0 Å². The van der Waals surface area contributed by atoms with Gasteiger partial charge in [0.1, 0.15) is 0 Å². The Hall–Kier alpha value is -0.920. The summed E-state index contributed by atoms with van der Waals surface area (Å²) in [5, 5.41) is 8.65. The van der Waals surface area contributed by atoms with Crippen LogP contribution in [0.3, 0.4) is 0 Å². The molecule has 0 atom stereocenters. The standard InChI is InChI=1S/C13H18BrNO4S/c1-13(2,8-7-12(16)17)15-20(18,19)9-10-3-5-11(14)6-4-10/h3-6,15H,7-9H2,1-2H3,(H,16,17). The van der Waals surface area contributed by atoms with Crippen LogP contribution in [0, 0.1) is 0 Å². The summed E-state index contributed by atoms with van der Waals surface area (Å²) in [5.41, 5.74) is -0.109. The van der Waals surface area contributed by atoms with Gasteiger partial charge in [0, 0.05) is 16.4 Å². The number of nitrogens with one attached hydrogen (secondary N) is 1.